The number of nitrogens with zero attached hydrogens (tertiary/aromatic N) is 1. The molecular weight excluding hydrogens is 354 g/mol. The molecule has 0 saturated heterocycles. The highest BCUT2D eigenvalue weighted by atomic mass is 19.1. The zero-order valence-electron chi connectivity index (χ0n) is 15.3. The highest BCUT2D eigenvalue weighted by molar-refractivity contribution is 6.05. The summed E-state index contributed by atoms with van der Waals surface area (Å²) in [5.74, 6) is -2.40. The molecule has 0 unspecified atom stereocenters. The van der Waals surface area contributed by atoms with Crippen molar-refractivity contribution in [2.24, 2.45) is 5.41 Å². The number of halogens is 2. The van der Waals surface area contributed by atoms with Crippen LogP contribution in [0.1, 0.15) is 31.1 Å². The minimum absolute atomic E-state index is 0.104. The van der Waals surface area contributed by atoms with Crippen LogP contribution in [-0.2, 0) is 4.79 Å². The Balaban J connectivity index is 1.95. The fourth-order valence-corrected chi connectivity index (χ4v) is 2.95. The van der Waals surface area contributed by atoms with Crippen LogP contribution in [0.25, 0.3) is 0 Å². The van der Waals surface area contributed by atoms with Crippen LogP contribution >= 0.6 is 0 Å². The molecule has 142 valence electrons. The van der Waals surface area contributed by atoms with Gasteiger partial charge in [-0.15, -0.1) is 0 Å². The molecular formula is C20H20F2N2O3. The average Bonchev–Trinajstić information content (AvgIpc) is 2.70. The van der Waals surface area contributed by atoms with Gasteiger partial charge in [-0.2, -0.15) is 0 Å². The van der Waals surface area contributed by atoms with E-state index in [-0.39, 0.29) is 12.5 Å². The third kappa shape index (κ3) is 3.49. The molecule has 0 fully saturated rings. The Morgan fingerprint density at radius 2 is 1.89 bits per heavy atom. The summed E-state index contributed by atoms with van der Waals surface area (Å²) in [6.07, 6.45) is 0. The van der Waals surface area contributed by atoms with Gasteiger partial charge in [-0.1, -0.05) is 6.07 Å². The Hall–Kier alpha value is -2.96. The largest absolute Gasteiger partial charge is 0.490 e. The third-order valence-corrected chi connectivity index (χ3v) is 4.43. The smallest absolute Gasteiger partial charge is 0.261 e. The zero-order valence-corrected chi connectivity index (χ0v) is 15.3. The maximum absolute atomic E-state index is 13.8. The van der Waals surface area contributed by atoms with Crippen molar-refractivity contribution in [2.75, 3.05) is 23.4 Å². The fourth-order valence-electron chi connectivity index (χ4n) is 2.95. The van der Waals surface area contributed by atoms with Crippen LogP contribution in [0.3, 0.4) is 0 Å². The first-order valence-corrected chi connectivity index (χ1v) is 8.59. The molecule has 5 nitrogen and oxygen atoms in total. The standard InChI is InChI=1S/C20H20F2N2O3/c1-4-24-15-10-12(8-9-16(15)27-11-20(2,3)19(24)26)23-18(25)17-13(21)6-5-7-14(17)22/h5-10H,4,11H2,1-3H3,(H,23,25). The van der Waals surface area contributed by atoms with E-state index in [1.165, 1.54) is 6.07 Å². The van der Waals surface area contributed by atoms with Crippen LogP contribution < -0.4 is 15.0 Å². The number of nitrogens with one attached hydrogen (secondary N) is 1. The number of carbonyl (C=O) groups excluding carboxylic acids is 2. The second-order valence-corrected chi connectivity index (χ2v) is 6.96. The Labute approximate surface area is 155 Å². The number of fused-ring (bicyclic) bond motifs is 1. The van der Waals surface area contributed by atoms with Crippen molar-refractivity contribution in [1.29, 1.82) is 0 Å². The van der Waals surface area contributed by atoms with Gasteiger partial charge in [-0.05, 0) is 51.1 Å². The second-order valence-electron chi connectivity index (χ2n) is 6.96. The van der Waals surface area contributed by atoms with Crippen LogP contribution in [0.5, 0.6) is 5.75 Å². The van der Waals surface area contributed by atoms with E-state index in [0.717, 1.165) is 12.1 Å². The molecule has 2 amide bonds. The van der Waals surface area contributed by atoms with Crippen LogP contribution in [0.15, 0.2) is 36.4 Å². The maximum atomic E-state index is 13.8. The normalized spacial score (nSPS) is 15.6. The van der Waals surface area contributed by atoms with Crippen LogP contribution in [0.2, 0.25) is 0 Å². The first kappa shape index (κ1) is 18.8. The Morgan fingerprint density at radius 1 is 1.22 bits per heavy atom. The molecule has 0 saturated carbocycles. The number of benzene rings is 2. The van der Waals surface area contributed by atoms with Gasteiger partial charge in [0.2, 0.25) is 5.91 Å². The van der Waals surface area contributed by atoms with Crippen molar-refractivity contribution in [3.05, 3.63) is 53.6 Å². The van der Waals surface area contributed by atoms with E-state index in [2.05, 4.69) is 5.32 Å². The molecule has 2 aromatic rings. The first-order valence-electron chi connectivity index (χ1n) is 8.59. The first-order chi connectivity index (χ1) is 12.7. The van der Waals surface area contributed by atoms with E-state index >= 15 is 0 Å². The summed E-state index contributed by atoms with van der Waals surface area (Å²) in [5.41, 5.74) is -0.557. The van der Waals surface area contributed by atoms with E-state index < -0.39 is 28.5 Å². The summed E-state index contributed by atoms with van der Waals surface area (Å²) in [5, 5.41) is 2.48. The van der Waals surface area contributed by atoms with E-state index in [0.29, 0.717) is 23.7 Å². The SMILES string of the molecule is CCN1C(=O)C(C)(C)COc2ccc(NC(=O)c3c(F)cccc3F)cc21. The molecule has 0 spiro atoms. The lowest BCUT2D eigenvalue weighted by Gasteiger charge is -2.27. The third-order valence-electron chi connectivity index (χ3n) is 4.43. The molecule has 0 bridgehead atoms. The lowest BCUT2D eigenvalue weighted by Crippen LogP contribution is -2.42. The van der Waals surface area contributed by atoms with Crippen molar-refractivity contribution < 1.29 is 23.1 Å². The predicted molar refractivity (Wildman–Crippen MR) is 98.1 cm³/mol. The quantitative estimate of drug-likeness (QED) is 0.884. The van der Waals surface area contributed by atoms with E-state index in [1.54, 1.807) is 36.9 Å². The molecule has 7 heteroatoms. The van der Waals surface area contributed by atoms with Gasteiger partial charge in [-0.3, -0.25) is 9.59 Å². The van der Waals surface area contributed by atoms with Gasteiger partial charge in [0.25, 0.3) is 5.91 Å². The summed E-state index contributed by atoms with van der Waals surface area (Å²) in [6, 6.07) is 7.97. The van der Waals surface area contributed by atoms with Crippen molar-refractivity contribution in [3.63, 3.8) is 0 Å². The maximum Gasteiger partial charge on any atom is 0.261 e. The summed E-state index contributed by atoms with van der Waals surface area (Å²) in [7, 11) is 0. The number of carbonyl (C=O) groups is 2. The van der Waals surface area contributed by atoms with Crippen LogP contribution in [-0.4, -0.2) is 25.0 Å². The lowest BCUT2D eigenvalue weighted by molar-refractivity contribution is -0.127. The Morgan fingerprint density at radius 3 is 2.52 bits per heavy atom. The van der Waals surface area contributed by atoms with E-state index in [9.17, 15) is 18.4 Å². The summed E-state index contributed by atoms with van der Waals surface area (Å²) in [4.78, 5) is 26.6. The molecule has 1 aliphatic heterocycles. The van der Waals surface area contributed by atoms with Gasteiger partial charge in [0, 0.05) is 12.2 Å². The topological polar surface area (TPSA) is 58.6 Å². The summed E-state index contributed by atoms with van der Waals surface area (Å²) in [6.45, 7) is 6.07. The van der Waals surface area contributed by atoms with E-state index in [4.69, 9.17) is 4.74 Å². The molecule has 27 heavy (non-hydrogen) atoms. The monoisotopic (exact) mass is 374 g/mol. The molecule has 0 aliphatic carbocycles. The van der Waals surface area contributed by atoms with Gasteiger partial charge < -0.3 is 15.0 Å². The number of rotatable bonds is 3. The second kappa shape index (κ2) is 6.98. The highest BCUT2D eigenvalue weighted by Crippen LogP contribution is 2.38. The van der Waals surface area contributed by atoms with Gasteiger partial charge in [-0.25, -0.2) is 8.78 Å². The van der Waals surface area contributed by atoms with Gasteiger partial charge in [0.15, 0.2) is 0 Å². The number of hydrogen-bond donors (Lipinski definition) is 1. The predicted octanol–water partition coefficient (Wildman–Crippen LogP) is 3.99. The highest BCUT2D eigenvalue weighted by Gasteiger charge is 2.37. The number of amides is 2. The minimum atomic E-state index is -0.947. The molecule has 0 aromatic heterocycles. The average molecular weight is 374 g/mol. The lowest BCUT2D eigenvalue weighted by atomic mass is 9.93. The zero-order chi connectivity index (χ0) is 19.8. The minimum Gasteiger partial charge on any atom is -0.490 e. The van der Waals surface area contributed by atoms with Crippen molar-refractivity contribution in [1.82, 2.24) is 0 Å². The Bertz CT molecular complexity index is 892. The van der Waals surface area contributed by atoms with Crippen LogP contribution in [0, 0.1) is 17.0 Å². The molecule has 2 aromatic carbocycles. The molecule has 0 atom stereocenters. The number of anilines is 2. The Kier molecular flexibility index (Phi) is 4.87. The molecule has 3 rings (SSSR count). The van der Waals surface area contributed by atoms with Gasteiger partial charge >= 0.3 is 0 Å². The number of hydrogen-bond acceptors (Lipinski definition) is 3. The molecule has 0 radical (unpaired) electrons. The number of ether oxygens (including phenoxy) is 1. The van der Waals surface area contributed by atoms with Gasteiger partial charge in [0.1, 0.15) is 29.6 Å². The summed E-state index contributed by atoms with van der Waals surface area (Å²) >= 11 is 0. The van der Waals surface area contributed by atoms with Crippen molar-refractivity contribution in [2.45, 2.75) is 20.8 Å². The fraction of sp³-hybridized carbons (Fsp3) is 0.300. The molecule has 1 heterocycles. The molecule has 1 aliphatic rings. The van der Waals surface area contributed by atoms with E-state index in [1.807, 2.05) is 6.92 Å². The van der Waals surface area contributed by atoms with Crippen LogP contribution in [0.4, 0.5) is 20.2 Å². The summed E-state index contributed by atoms with van der Waals surface area (Å²) < 4.78 is 33.4. The van der Waals surface area contributed by atoms with Crippen molar-refractivity contribution in [3.8, 4) is 5.75 Å². The van der Waals surface area contributed by atoms with Gasteiger partial charge in [0.05, 0.1) is 11.1 Å². The molecule has 1 N–H and O–H groups in total. The van der Waals surface area contributed by atoms with Crippen molar-refractivity contribution >= 4 is 23.2 Å².